The highest BCUT2D eigenvalue weighted by molar-refractivity contribution is 5.89. The van der Waals surface area contributed by atoms with Crippen LogP contribution in [0, 0.1) is 0 Å². The average molecular weight is 331 g/mol. The molecule has 2 amide bonds. The van der Waals surface area contributed by atoms with Gasteiger partial charge in [0.1, 0.15) is 0 Å². The van der Waals surface area contributed by atoms with Gasteiger partial charge in [-0.05, 0) is 37.5 Å². The molecule has 0 aliphatic carbocycles. The topological polar surface area (TPSA) is 76.4 Å². The zero-order valence-corrected chi connectivity index (χ0v) is 14.6. The minimum atomic E-state index is -0.292. The van der Waals surface area contributed by atoms with Crippen LogP contribution in [0.15, 0.2) is 34.9 Å². The van der Waals surface area contributed by atoms with Gasteiger partial charge in [0.25, 0.3) is 0 Å². The molecule has 6 heteroatoms. The summed E-state index contributed by atoms with van der Waals surface area (Å²) in [6, 6.07) is 9.15. The predicted octanol–water partition coefficient (Wildman–Crippen LogP) is 4.04. The van der Waals surface area contributed by atoms with E-state index in [1.807, 2.05) is 58.0 Å². The maximum absolute atomic E-state index is 12.0. The quantitative estimate of drug-likeness (QED) is 0.802. The van der Waals surface area contributed by atoms with Gasteiger partial charge in [0.15, 0.2) is 5.76 Å². The summed E-state index contributed by atoms with van der Waals surface area (Å²) in [4.78, 5) is 12.0. The van der Waals surface area contributed by atoms with Crippen LogP contribution in [0.5, 0.6) is 0 Å². The van der Waals surface area contributed by atoms with Gasteiger partial charge >= 0.3 is 6.03 Å². The molecule has 130 valence electrons. The molecule has 0 spiro atoms. The highest BCUT2D eigenvalue weighted by Crippen LogP contribution is 2.14. The molecule has 0 aliphatic heterocycles. The van der Waals surface area contributed by atoms with Crippen molar-refractivity contribution in [1.29, 1.82) is 0 Å². The molecule has 1 heterocycles. The van der Waals surface area contributed by atoms with Crippen molar-refractivity contribution in [2.24, 2.45) is 0 Å². The molecule has 1 aromatic carbocycles. The molecule has 1 aromatic heterocycles. The lowest BCUT2D eigenvalue weighted by molar-refractivity contribution is 0.0657. The second-order valence-electron chi connectivity index (χ2n) is 6.24. The summed E-state index contributed by atoms with van der Waals surface area (Å²) in [6.07, 6.45) is 0.169. The molecule has 0 saturated carbocycles. The van der Waals surface area contributed by atoms with Crippen molar-refractivity contribution in [2.75, 3.05) is 5.32 Å². The largest absolute Gasteiger partial charge is 0.374 e. The van der Waals surface area contributed by atoms with Gasteiger partial charge in [-0.1, -0.05) is 31.1 Å². The smallest absolute Gasteiger partial charge is 0.319 e. The molecule has 0 unspecified atom stereocenters. The van der Waals surface area contributed by atoms with Crippen LogP contribution in [-0.2, 0) is 17.9 Å². The van der Waals surface area contributed by atoms with E-state index in [4.69, 9.17) is 9.26 Å². The van der Waals surface area contributed by atoms with Gasteiger partial charge < -0.3 is 19.9 Å². The molecular formula is C18H25N3O3. The van der Waals surface area contributed by atoms with Gasteiger partial charge in [0.2, 0.25) is 0 Å². The van der Waals surface area contributed by atoms with Crippen molar-refractivity contribution in [2.45, 2.75) is 52.9 Å². The van der Waals surface area contributed by atoms with E-state index in [0.29, 0.717) is 24.8 Å². The van der Waals surface area contributed by atoms with Gasteiger partial charge in [-0.15, -0.1) is 0 Å². The fourth-order valence-electron chi connectivity index (χ4n) is 2.03. The van der Waals surface area contributed by atoms with E-state index in [0.717, 1.165) is 16.9 Å². The van der Waals surface area contributed by atoms with E-state index in [1.165, 1.54) is 0 Å². The lowest BCUT2D eigenvalue weighted by Gasteiger charge is -2.10. The second kappa shape index (κ2) is 8.49. The number of aromatic nitrogens is 1. The molecule has 0 saturated heterocycles. The van der Waals surface area contributed by atoms with E-state index in [-0.39, 0.29) is 12.1 Å². The van der Waals surface area contributed by atoms with Crippen LogP contribution in [-0.4, -0.2) is 17.3 Å². The van der Waals surface area contributed by atoms with Crippen LogP contribution in [0.3, 0.4) is 0 Å². The van der Waals surface area contributed by atoms with Crippen molar-refractivity contribution < 1.29 is 14.1 Å². The summed E-state index contributed by atoms with van der Waals surface area (Å²) in [6.45, 7) is 8.87. The first-order valence-corrected chi connectivity index (χ1v) is 8.15. The lowest BCUT2D eigenvalue weighted by atomic mass is 10.1. The summed E-state index contributed by atoms with van der Waals surface area (Å²) in [5, 5.41) is 9.52. The first-order valence-electron chi connectivity index (χ1n) is 8.15. The zero-order valence-electron chi connectivity index (χ0n) is 14.6. The van der Waals surface area contributed by atoms with Crippen molar-refractivity contribution in [1.82, 2.24) is 10.5 Å². The summed E-state index contributed by atoms with van der Waals surface area (Å²) < 4.78 is 10.8. The Morgan fingerprint density at radius 2 is 2.04 bits per heavy atom. The Kier molecular flexibility index (Phi) is 6.37. The van der Waals surface area contributed by atoms with Crippen LogP contribution in [0.4, 0.5) is 10.5 Å². The second-order valence-corrected chi connectivity index (χ2v) is 6.24. The number of rotatable bonds is 7. The van der Waals surface area contributed by atoms with Crippen LogP contribution in [0.1, 0.15) is 50.6 Å². The number of hydrogen-bond acceptors (Lipinski definition) is 4. The molecule has 6 nitrogen and oxygen atoms in total. The first kappa shape index (κ1) is 18.0. The number of urea groups is 1. The molecule has 24 heavy (non-hydrogen) atoms. The van der Waals surface area contributed by atoms with Crippen molar-refractivity contribution in [3.63, 3.8) is 0 Å². The number of carbonyl (C=O) groups excluding carboxylic acids is 1. The Morgan fingerprint density at radius 1 is 1.25 bits per heavy atom. The summed E-state index contributed by atoms with van der Waals surface area (Å²) in [5.74, 6) is 0.931. The molecular weight excluding hydrogens is 306 g/mol. The lowest BCUT2D eigenvalue weighted by Crippen LogP contribution is -2.28. The Bertz CT molecular complexity index is 665. The fourth-order valence-corrected chi connectivity index (χ4v) is 2.03. The zero-order chi connectivity index (χ0) is 17.5. The Balaban J connectivity index is 1.84. The number of nitrogens with one attached hydrogen (secondary N) is 2. The number of ether oxygens (including phenoxy) is 1. The van der Waals surface area contributed by atoms with Gasteiger partial charge in [0, 0.05) is 11.8 Å². The van der Waals surface area contributed by atoms with Gasteiger partial charge in [-0.2, -0.15) is 0 Å². The minimum absolute atomic E-state index is 0.169. The van der Waals surface area contributed by atoms with Gasteiger partial charge in [0.05, 0.1) is 24.9 Å². The summed E-state index contributed by atoms with van der Waals surface area (Å²) >= 11 is 0. The summed E-state index contributed by atoms with van der Waals surface area (Å²) in [5.41, 5.74) is 2.61. The third kappa shape index (κ3) is 5.70. The molecule has 0 bridgehead atoms. The van der Waals surface area contributed by atoms with Crippen LogP contribution in [0.25, 0.3) is 0 Å². The molecule has 2 N–H and O–H groups in total. The number of hydrogen-bond donors (Lipinski definition) is 2. The Hall–Kier alpha value is -2.34. The van der Waals surface area contributed by atoms with Crippen LogP contribution < -0.4 is 10.6 Å². The highest BCUT2D eigenvalue weighted by Gasteiger charge is 2.09. The average Bonchev–Trinajstić information content (AvgIpc) is 3.01. The third-order valence-electron chi connectivity index (χ3n) is 3.36. The standard InChI is InChI=1S/C18H25N3O3/c1-12(2)17-9-16(24-21-17)10-19-18(22)20-15-7-5-6-14(8-15)11-23-13(3)4/h5-9,12-13H,10-11H2,1-4H3,(H2,19,20,22). The third-order valence-corrected chi connectivity index (χ3v) is 3.36. The monoisotopic (exact) mass is 331 g/mol. The van der Waals surface area contributed by atoms with Crippen LogP contribution in [0.2, 0.25) is 0 Å². The van der Waals surface area contributed by atoms with Crippen molar-refractivity contribution >= 4 is 11.7 Å². The number of nitrogens with zero attached hydrogens (tertiary/aromatic N) is 1. The molecule has 0 fully saturated rings. The Morgan fingerprint density at radius 3 is 2.71 bits per heavy atom. The summed E-state index contributed by atoms with van der Waals surface area (Å²) in [7, 11) is 0. The van der Waals surface area contributed by atoms with Crippen LogP contribution >= 0.6 is 0 Å². The van der Waals surface area contributed by atoms with E-state index < -0.39 is 0 Å². The number of anilines is 1. The fraction of sp³-hybridized carbons (Fsp3) is 0.444. The molecule has 0 aliphatic rings. The first-order chi connectivity index (χ1) is 11.4. The van der Waals surface area contributed by atoms with E-state index in [2.05, 4.69) is 15.8 Å². The molecule has 0 radical (unpaired) electrons. The van der Waals surface area contributed by atoms with Gasteiger partial charge in [-0.3, -0.25) is 0 Å². The van der Waals surface area contributed by atoms with E-state index in [1.54, 1.807) is 0 Å². The maximum Gasteiger partial charge on any atom is 0.319 e. The van der Waals surface area contributed by atoms with Gasteiger partial charge in [-0.25, -0.2) is 4.79 Å². The SMILES string of the molecule is CC(C)OCc1cccc(NC(=O)NCc2cc(C(C)C)no2)c1. The minimum Gasteiger partial charge on any atom is -0.374 e. The predicted molar refractivity (Wildman–Crippen MR) is 92.8 cm³/mol. The number of carbonyl (C=O) groups is 1. The molecule has 2 rings (SSSR count). The van der Waals surface area contributed by atoms with E-state index >= 15 is 0 Å². The Labute approximate surface area is 142 Å². The number of benzene rings is 1. The van der Waals surface area contributed by atoms with Crippen molar-refractivity contribution in [3.05, 3.63) is 47.3 Å². The molecule has 2 aromatic rings. The maximum atomic E-state index is 12.0. The van der Waals surface area contributed by atoms with Crippen molar-refractivity contribution in [3.8, 4) is 0 Å². The van der Waals surface area contributed by atoms with E-state index in [9.17, 15) is 4.79 Å². The highest BCUT2D eigenvalue weighted by atomic mass is 16.5. The molecule has 0 atom stereocenters. The number of amides is 2. The normalized spacial score (nSPS) is 11.1.